The molecule has 0 aliphatic carbocycles. The number of halogens is 1. The van der Waals surface area contributed by atoms with Gasteiger partial charge >= 0.3 is 5.97 Å². The smallest absolute Gasteiger partial charge is 0.328 e. The first kappa shape index (κ1) is 14.7. The second-order valence-electron chi connectivity index (χ2n) is 3.65. The van der Waals surface area contributed by atoms with Crippen molar-refractivity contribution in [3.05, 3.63) is 33.8 Å². The molecule has 0 fully saturated rings. The van der Waals surface area contributed by atoms with Gasteiger partial charge in [0.05, 0.1) is 6.61 Å². The summed E-state index contributed by atoms with van der Waals surface area (Å²) in [5, 5.41) is 8.66. The van der Waals surface area contributed by atoms with Crippen molar-refractivity contribution in [3.63, 3.8) is 0 Å². The van der Waals surface area contributed by atoms with Gasteiger partial charge in [-0.05, 0) is 30.7 Å². The lowest BCUT2D eigenvalue weighted by Gasteiger charge is -2.12. The maximum absolute atomic E-state index is 10.6. The Kier molecular flexibility index (Phi) is 5.88. The highest BCUT2D eigenvalue weighted by Crippen LogP contribution is 2.29. The molecule has 4 nitrogen and oxygen atoms in total. The van der Waals surface area contributed by atoms with Crippen LogP contribution in [-0.2, 0) is 9.53 Å². The second-order valence-corrected chi connectivity index (χ2v) is 4.57. The van der Waals surface area contributed by atoms with Crippen molar-refractivity contribution in [2.75, 3.05) is 20.3 Å². The highest BCUT2D eigenvalue weighted by Gasteiger charge is 2.07. The number of carboxylic acids is 1. The van der Waals surface area contributed by atoms with Gasteiger partial charge in [-0.1, -0.05) is 15.9 Å². The van der Waals surface area contributed by atoms with E-state index < -0.39 is 5.97 Å². The molecule has 1 rings (SSSR count). The zero-order valence-electron chi connectivity index (χ0n) is 10.3. The third kappa shape index (κ3) is 4.50. The van der Waals surface area contributed by atoms with Crippen molar-refractivity contribution in [3.8, 4) is 5.75 Å². The van der Waals surface area contributed by atoms with E-state index in [2.05, 4.69) is 15.9 Å². The summed E-state index contributed by atoms with van der Waals surface area (Å²) in [5.41, 5.74) is 1.66. The van der Waals surface area contributed by atoms with E-state index in [1.54, 1.807) is 7.11 Å². The SMILES string of the molecule is COCCOc1c(C)cc(Br)cc1/C=C/C(=O)O. The summed E-state index contributed by atoms with van der Waals surface area (Å²) in [5.74, 6) is -0.316. The molecule has 0 unspecified atom stereocenters. The van der Waals surface area contributed by atoms with Gasteiger partial charge in [-0.2, -0.15) is 0 Å². The average molecular weight is 315 g/mol. The predicted molar refractivity (Wildman–Crippen MR) is 72.9 cm³/mol. The summed E-state index contributed by atoms with van der Waals surface area (Å²) < 4.78 is 11.4. The van der Waals surface area contributed by atoms with E-state index in [1.165, 1.54) is 6.08 Å². The fourth-order valence-electron chi connectivity index (χ4n) is 1.46. The fourth-order valence-corrected chi connectivity index (χ4v) is 2.05. The van der Waals surface area contributed by atoms with Crippen molar-refractivity contribution in [2.24, 2.45) is 0 Å². The molecule has 0 saturated heterocycles. The number of carbonyl (C=O) groups is 1. The molecule has 1 aromatic rings. The Morgan fingerprint density at radius 1 is 1.44 bits per heavy atom. The molecule has 0 saturated carbocycles. The lowest BCUT2D eigenvalue weighted by molar-refractivity contribution is -0.131. The Hall–Kier alpha value is -1.33. The Morgan fingerprint density at radius 3 is 2.78 bits per heavy atom. The zero-order chi connectivity index (χ0) is 13.5. The molecule has 0 aliphatic heterocycles. The summed E-state index contributed by atoms with van der Waals surface area (Å²) in [4.78, 5) is 10.6. The fraction of sp³-hybridized carbons (Fsp3) is 0.308. The van der Waals surface area contributed by atoms with Crippen LogP contribution in [0.1, 0.15) is 11.1 Å². The van der Waals surface area contributed by atoms with E-state index in [0.29, 0.717) is 19.0 Å². The standard InChI is InChI=1S/C13H15BrO4/c1-9-7-11(14)8-10(3-4-12(15)16)13(9)18-6-5-17-2/h3-4,7-8H,5-6H2,1-2H3,(H,15,16)/b4-3+. The van der Waals surface area contributed by atoms with Crippen LogP contribution in [0, 0.1) is 6.92 Å². The lowest BCUT2D eigenvalue weighted by atomic mass is 10.1. The minimum absolute atomic E-state index is 0.423. The van der Waals surface area contributed by atoms with Gasteiger partial charge in [0.25, 0.3) is 0 Å². The Balaban J connectivity index is 3.00. The Morgan fingerprint density at radius 2 is 2.17 bits per heavy atom. The number of aryl methyl sites for hydroxylation is 1. The molecule has 1 aromatic carbocycles. The number of rotatable bonds is 6. The quantitative estimate of drug-likeness (QED) is 0.648. The van der Waals surface area contributed by atoms with E-state index >= 15 is 0 Å². The lowest BCUT2D eigenvalue weighted by Crippen LogP contribution is -2.06. The molecule has 5 heteroatoms. The molecular weight excluding hydrogens is 300 g/mol. The summed E-state index contributed by atoms with van der Waals surface area (Å²) >= 11 is 3.37. The van der Waals surface area contributed by atoms with E-state index in [9.17, 15) is 4.79 Å². The Labute approximate surface area is 114 Å². The summed E-state index contributed by atoms with van der Waals surface area (Å²) in [6.45, 7) is 2.81. The van der Waals surface area contributed by atoms with Gasteiger partial charge in [-0.25, -0.2) is 4.79 Å². The van der Waals surface area contributed by atoms with Crippen molar-refractivity contribution in [1.29, 1.82) is 0 Å². The third-order valence-corrected chi connectivity index (χ3v) is 2.67. The molecule has 0 aromatic heterocycles. The summed E-state index contributed by atoms with van der Waals surface area (Å²) in [6.07, 6.45) is 2.60. The van der Waals surface area contributed by atoms with Crippen LogP contribution in [0.2, 0.25) is 0 Å². The molecule has 0 heterocycles. The van der Waals surface area contributed by atoms with Crippen molar-refractivity contribution < 1.29 is 19.4 Å². The van der Waals surface area contributed by atoms with Crippen LogP contribution in [0.3, 0.4) is 0 Å². The molecule has 0 bridgehead atoms. The molecule has 18 heavy (non-hydrogen) atoms. The van der Waals surface area contributed by atoms with Crippen LogP contribution in [-0.4, -0.2) is 31.4 Å². The van der Waals surface area contributed by atoms with Gasteiger partial charge in [-0.15, -0.1) is 0 Å². The highest BCUT2D eigenvalue weighted by atomic mass is 79.9. The van der Waals surface area contributed by atoms with E-state index in [1.807, 2.05) is 19.1 Å². The number of ether oxygens (including phenoxy) is 2. The topological polar surface area (TPSA) is 55.8 Å². The van der Waals surface area contributed by atoms with Crippen LogP contribution in [0.5, 0.6) is 5.75 Å². The molecule has 0 amide bonds. The number of hydrogen-bond acceptors (Lipinski definition) is 3. The number of aliphatic carboxylic acids is 1. The average Bonchev–Trinajstić information content (AvgIpc) is 2.29. The zero-order valence-corrected chi connectivity index (χ0v) is 11.9. The van der Waals surface area contributed by atoms with Crippen molar-refractivity contribution >= 4 is 28.0 Å². The van der Waals surface area contributed by atoms with Gasteiger partial charge in [-0.3, -0.25) is 0 Å². The normalized spacial score (nSPS) is 10.8. The van der Waals surface area contributed by atoms with Gasteiger partial charge in [0.2, 0.25) is 0 Å². The van der Waals surface area contributed by atoms with Gasteiger partial charge in [0.15, 0.2) is 0 Å². The second kappa shape index (κ2) is 7.18. The first-order valence-electron chi connectivity index (χ1n) is 5.37. The maximum Gasteiger partial charge on any atom is 0.328 e. The largest absolute Gasteiger partial charge is 0.490 e. The van der Waals surface area contributed by atoms with E-state index in [-0.39, 0.29) is 0 Å². The first-order chi connectivity index (χ1) is 8.54. The molecule has 1 N–H and O–H groups in total. The van der Waals surface area contributed by atoms with Gasteiger partial charge in [0.1, 0.15) is 12.4 Å². The number of benzene rings is 1. The van der Waals surface area contributed by atoms with E-state index in [4.69, 9.17) is 14.6 Å². The molecule has 0 aliphatic rings. The number of hydrogen-bond donors (Lipinski definition) is 1. The van der Waals surface area contributed by atoms with Crippen LogP contribution in [0.4, 0.5) is 0 Å². The minimum atomic E-state index is -0.990. The van der Waals surface area contributed by atoms with Crippen LogP contribution in [0.25, 0.3) is 6.08 Å². The van der Waals surface area contributed by atoms with E-state index in [0.717, 1.165) is 21.7 Å². The molecule has 0 atom stereocenters. The molecule has 98 valence electrons. The van der Waals surface area contributed by atoms with Crippen LogP contribution >= 0.6 is 15.9 Å². The molecular formula is C13H15BrO4. The third-order valence-electron chi connectivity index (χ3n) is 2.21. The summed E-state index contributed by atoms with van der Waals surface area (Å²) in [7, 11) is 1.60. The first-order valence-corrected chi connectivity index (χ1v) is 6.16. The van der Waals surface area contributed by atoms with Gasteiger partial charge < -0.3 is 14.6 Å². The van der Waals surface area contributed by atoms with Gasteiger partial charge in [0, 0.05) is 23.2 Å². The molecule has 0 radical (unpaired) electrons. The van der Waals surface area contributed by atoms with Crippen LogP contribution < -0.4 is 4.74 Å². The maximum atomic E-state index is 10.6. The number of carboxylic acid groups (broad SMARTS) is 1. The predicted octanol–water partition coefficient (Wildman–Crippen LogP) is 2.88. The Bertz CT molecular complexity index is 455. The molecule has 0 spiro atoms. The van der Waals surface area contributed by atoms with Crippen molar-refractivity contribution in [1.82, 2.24) is 0 Å². The monoisotopic (exact) mass is 314 g/mol. The summed E-state index contributed by atoms with van der Waals surface area (Å²) in [6, 6.07) is 3.73. The van der Waals surface area contributed by atoms with Crippen molar-refractivity contribution in [2.45, 2.75) is 6.92 Å². The number of methoxy groups -OCH3 is 1. The van der Waals surface area contributed by atoms with Crippen LogP contribution in [0.15, 0.2) is 22.7 Å². The minimum Gasteiger partial charge on any atom is -0.490 e. The highest BCUT2D eigenvalue weighted by molar-refractivity contribution is 9.10.